The van der Waals surface area contributed by atoms with Crippen LogP contribution in [0, 0.1) is 0 Å². The molecule has 4 heteroatoms. The molecule has 1 N–H and O–H groups in total. The molecule has 0 spiro atoms. The molecule has 90 valence electrons. The lowest BCUT2D eigenvalue weighted by Gasteiger charge is -2.15. The van der Waals surface area contributed by atoms with Crippen LogP contribution in [0.3, 0.4) is 0 Å². The van der Waals surface area contributed by atoms with Crippen molar-refractivity contribution in [1.82, 2.24) is 9.78 Å². The van der Waals surface area contributed by atoms with Crippen molar-refractivity contribution in [3.05, 3.63) is 17.5 Å². The minimum Gasteiger partial charge on any atom is -0.481 e. The Morgan fingerprint density at radius 2 is 2.06 bits per heavy atom. The lowest BCUT2D eigenvalue weighted by molar-refractivity contribution is -0.136. The highest BCUT2D eigenvalue weighted by Gasteiger charge is 2.16. The van der Waals surface area contributed by atoms with Crippen molar-refractivity contribution in [2.24, 2.45) is 0 Å². The molecule has 0 amide bonds. The van der Waals surface area contributed by atoms with E-state index in [-0.39, 0.29) is 6.42 Å². The number of aliphatic carboxylic acids is 1. The van der Waals surface area contributed by atoms with Gasteiger partial charge in [0.15, 0.2) is 0 Å². The van der Waals surface area contributed by atoms with Gasteiger partial charge >= 0.3 is 5.97 Å². The van der Waals surface area contributed by atoms with E-state index in [1.807, 2.05) is 4.68 Å². The molecular formula is C12H20N2O2. The first kappa shape index (κ1) is 12.7. The third-order valence-corrected chi connectivity index (χ3v) is 2.56. The molecule has 0 saturated carbocycles. The van der Waals surface area contributed by atoms with Gasteiger partial charge in [-0.1, -0.05) is 13.8 Å². The smallest absolute Gasteiger partial charge is 0.303 e. The van der Waals surface area contributed by atoms with Gasteiger partial charge in [0.1, 0.15) is 0 Å². The van der Waals surface area contributed by atoms with Gasteiger partial charge in [0.25, 0.3) is 0 Å². The third-order valence-electron chi connectivity index (χ3n) is 2.56. The molecule has 1 rings (SSSR count). The van der Waals surface area contributed by atoms with Crippen LogP contribution in [0.2, 0.25) is 0 Å². The summed E-state index contributed by atoms with van der Waals surface area (Å²) in [6.45, 7) is 8.39. The normalized spacial score (nSPS) is 11.4. The summed E-state index contributed by atoms with van der Waals surface area (Å²) in [7, 11) is 0. The Morgan fingerprint density at radius 3 is 2.50 bits per heavy atom. The number of carbonyl (C=O) groups is 1. The summed E-state index contributed by atoms with van der Waals surface area (Å²) in [5.41, 5.74) is 2.22. The summed E-state index contributed by atoms with van der Waals surface area (Å²) in [5, 5.41) is 13.0. The van der Waals surface area contributed by atoms with Gasteiger partial charge in [-0.25, -0.2) is 0 Å². The summed E-state index contributed by atoms with van der Waals surface area (Å²) in [4.78, 5) is 10.6. The van der Waals surface area contributed by atoms with Crippen molar-refractivity contribution in [1.29, 1.82) is 0 Å². The second-order valence-electron chi connectivity index (χ2n) is 4.64. The van der Waals surface area contributed by atoms with Crippen LogP contribution in [0.5, 0.6) is 0 Å². The monoisotopic (exact) mass is 224 g/mol. The fourth-order valence-electron chi connectivity index (χ4n) is 1.89. The van der Waals surface area contributed by atoms with Crippen molar-refractivity contribution in [3.63, 3.8) is 0 Å². The SMILES string of the molecule is CC(C)c1c(CCC(=O)O)cnn1C(C)C. The predicted octanol–water partition coefficient (Wildman–Crippen LogP) is 2.60. The summed E-state index contributed by atoms with van der Waals surface area (Å²) in [6, 6.07) is 0.316. The van der Waals surface area contributed by atoms with Gasteiger partial charge in [0.2, 0.25) is 0 Å². The highest BCUT2D eigenvalue weighted by atomic mass is 16.4. The minimum absolute atomic E-state index is 0.170. The molecule has 1 aromatic rings. The average Bonchev–Trinajstić information content (AvgIpc) is 2.57. The fraction of sp³-hybridized carbons (Fsp3) is 0.667. The van der Waals surface area contributed by atoms with Crippen molar-refractivity contribution in [3.8, 4) is 0 Å². The van der Waals surface area contributed by atoms with Crippen LogP contribution < -0.4 is 0 Å². The maximum absolute atomic E-state index is 10.6. The molecule has 0 aliphatic carbocycles. The Bertz CT molecular complexity index is 367. The van der Waals surface area contributed by atoms with Gasteiger partial charge in [-0.2, -0.15) is 5.10 Å². The maximum Gasteiger partial charge on any atom is 0.303 e. The van der Waals surface area contributed by atoms with E-state index in [1.165, 1.54) is 0 Å². The molecular weight excluding hydrogens is 204 g/mol. The average molecular weight is 224 g/mol. The van der Waals surface area contributed by atoms with E-state index in [0.29, 0.717) is 18.4 Å². The molecule has 0 aliphatic heterocycles. The summed E-state index contributed by atoms with van der Waals surface area (Å²) in [6.07, 6.45) is 2.54. The lowest BCUT2D eigenvalue weighted by Crippen LogP contribution is -2.10. The van der Waals surface area contributed by atoms with Gasteiger partial charge < -0.3 is 5.11 Å². The Hall–Kier alpha value is -1.32. The van der Waals surface area contributed by atoms with Gasteiger partial charge in [-0.3, -0.25) is 9.48 Å². The Kier molecular flexibility index (Phi) is 4.10. The second-order valence-corrected chi connectivity index (χ2v) is 4.64. The molecule has 1 heterocycles. The van der Waals surface area contributed by atoms with Crippen LogP contribution in [0.15, 0.2) is 6.20 Å². The van der Waals surface area contributed by atoms with E-state index in [1.54, 1.807) is 6.20 Å². The quantitative estimate of drug-likeness (QED) is 0.836. The zero-order valence-corrected chi connectivity index (χ0v) is 10.4. The van der Waals surface area contributed by atoms with Crippen LogP contribution in [-0.4, -0.2) is 20.9 Å². The maximum atomic E-state index is 10.6. The number of aryl methyl sites for hydroxylation is 1. The van der Waals surface area contributed by atoms with Crippen LogP contribution >= 0.6 is 0 Å². The molecule has 0 atom stereocenters. The number of hydrogen-bond donors (Lipinski definition) is 1. The number of nitrogens with zero attached hydrogens (tertiary/aromatic N) is 2. The lowest BCUT2D eigenvalue weighted by atomic mass is 10.0. The first-order valence-electron chi connectivity index (χ1n) is 5.71. The number of aromatic nitrogens is 2. The summed E-state index contributed by atoms with van der Waals surface area (Å²) in [5.74, 6) is -0.388. The standard InChI is InChI=1S/C12H20N2O2/c1-8(2)12-10(5-6-11(15)16)7-13-14(12)9(3)4/h7-9H,5-6H2,1-4H3,(H,15,16). The van der Waals surface area contributed by atoms with Crippen molar-refractivity contribution < 1.29 is 9.90 Å². The zero-order valence-electron chi connectivity index (χ0n) is 10.4. The first-order chi connectivity index (χ1) is 7.43. The largest absolute Gasteiger partial charge is 0.481 e. The molecule has 0 unspecified atom stereocenters. The highest BCUT2D eigenvalue weighted by Crippen LogP contribution is 2.23. The molecule has 16 heavy (non-hydrogen) atoms. The van der Waals surface area contributed by atoms with Crippen LogP contribution in [0.4, 0.5) is 0 Å². The van der Waals surface area contributed by atoms with Gasteiger partial charge in [0, 0.05) is 18.2 Å². The van der Waals surface area contributed by atoms with E-state index in [2.05, 4.69) is 32.8 Å². The van der Waals surface area contributed by atoms with Crippen molar-refractivity contribution in [2.75, 3.05) is 0 Å². The van der Waals surface area contributed by atoms with Gasteiger partial charge in [0.05, 0.1) is 6.20 Å². The Labute approximate surface area is 96.3 Å². The van der Waals surface area contributed by atoms with Gasteiger partial charge in [-0.15, -0.1) is 0 Å². The molecule has 4 nitrogen and oxygen atoms in total. The summed E-state index contributed by atoms with van der Waals surface area (Å²) < 4.78 is 1.99. The fourth-order valence-corrected chi connectivity index (χ4v) is 1.89. The Balaban J connectivity index is 2.96. The number of carboxylic acid groups (broad SMARTS) is 1. The highest BCUT2D eigenvalue weighted by molar-refractivity contribution is 5.67. The molecule has 1 aromatic heterocycles. The number of hydrogen-bond acceptors (Lipinski definition) is 2. The minimum atomic E-state index is -0.757. The Morgan fingerprint density at radius 1 is 1.44 bits per heavy atom. The molecule has 0 bridgehead atoms. The van der Waals surface area contributed by atoms with Crippen LogP contribution in [0.25, 0.3) is 0 Å². The van der Waals surface area contributed by atoms with E-state index in [0.717, 1.165) is 11.3 Å². The molecule has 0 saturated heterocycles. The van der Waals surface area contributed by atoms with E-state index in [9.17, 15) is 4.79 Å². The number of carboxylic acids is 1. The first-order valence-corrected chi connectivity index (χ1v) is 5.71. The molecule has 0 radical (unpaired) electrons. The molecule has 0 aliphatic rings. The topological polar surface area (TPSA) is 55.1 Å². The van der Waals surface area contributed by atoms with Gasteiger partial charge in [-0.05, 0) is 31.7 Å². The van der Waals surface area contributed by atoms with E-state index in [4.69, 9.17) is 5.11 Å². The van der Waals surface area contributed by atoms with Crippen molar-refractivity contribution in [2.45, 2.75) is 52.5 Å². The third kappa shape index (κ3) is 2.84. The van der Waals surface area contributed by atoms with Crippen LogP contribution in [0.1, 0.15) is 57.3 Å². The predicted molar refractivity (Wildman–Crippen MR) is 62.7 cm³/mol. The zero-order chi connectivity index (χ0) is 12.3. The second kappa shape index (κ2) is 5.14. The molecule has 0 fully saturated rings. The summed E-state index contributed by atoms with van der Waals surface area (Å²) >= 11 is 0. The molecule has 0 aromatic carbocycles. The van der Waals surface area contributed by atoms with E-state index < -0.39 is 5.97 Å². The van der Waals surface area contributed by atoms with Crippen LogP contribution in [-0.2, 0) is 11.2 Å². The van der Waals surface area contributed by atoms with Crippen molar-refractivity contribution >= 4 is 5.97 Å². The van der Waals surface area contributed by atoms with E-state index >= 15 is 0 Å². The number of rotatable bonds is 5.